The molecule has 0 rings (SSSR count). The summed E-state index contributed by atoms with van der Waals surface area (Å²) in [6, 6.07) is 0.760. The molecule has 0 aliphatic heterocycles. The number of hydrogen-bond donors (Lipinski definition) is 1. The van der Waals surface area contributed by atoms with Gasteiger partial charge in [0.1, 0.15) is 0 Å². The van der Waals surface area contributed by atoms with Crippen molar-refractivity contribution in [1.29, 1.82) is 0 Å². The highest BCUT2D eigenvalue weighted by Crippen LogP contribution is 2.12. The molecule has 0 heterocycles. The summed E-state index contributed by atoms with van der Waals surface area (Å²) in [5, 5.41) is 0. The largest absolute Gasteiger partial charge is 0.330 e. The summed E-state index contributed by atoms with van der Waals surface area (Å²) in [6.07, 6.45) is 4.95. The zero-order chi connectivity index (χ0) is 11.0. The van der Waals surface area contributed by atoms with E-state index in [4.69, 9.17) is 5.73 Å². The zero-order valence-corrected chi connectivity index (χ0v) is 10.4. The van der Waals surface area contributed by atoms with Gasteiger partial charge in [0.2, 0.25) is 0 Å². The Kier molecular flexibility index (Phi) is 8.20. The number of nitrogens with zero attached hydrogens (tertiary/aromatic N) is 1. The van der Waals surface area contributed by atoms with Crippen LogP contribution in [0.5, 0.6) is 0 Å². The highest BCUT2D eigenvalue weighted by Gasteiger charge is 2.12. The van der Waals surface area contributed by atoms with Gasteiger partial charge in [0.25, 0.3) is 0 Å². The van der Waals surface area contributed by atoms with E-state index in [0.717, 1.165) is 24.9 Å². The molecule has 0 aliphatic rings. The lowest BCUT2D eigenvalue weighted by molar-refractivity contribution is 0.196. The minimum Gasteiger partial charge on any atom is -0.330 e. The van der Waals surface area contributed by atoms with Crippen LogP contribution in [0.25, 0.3) is 0 Å². The van der Waals surface area contributed by atoms with Crippen molar-refractivity contribution in [1.82, 2.24) is 4.90 Å². The average Bonchev–Trinajstić information content (AvgIpc) is 2.16. The van der Waals surface area contributed by atoms with Crippen molar-refractivity contribution in [2.45, 2.75) is 52.5 Å². The molecule has 2 nitrogen and oxygen atoms in total. The molecule has 0 aromatic rings. The predicted molar refractivity (Wildman–Crippen MR) is 64.5 cm³/mol. The molecule has 0 radical (unpaired) electrons. The van der Waals surface area contributed by atoms with E-state index >= 15 is 0 Å². The molecule has 1 atom stereocenters. The third-order valence-electron chi connectivity index (χ3n) is 3.07. The van der Waals surface area contributed by atoms with Crippen molar-refractivity contribution in [3.63, 3.8) is 0 Å². The average molecular weight is 200 g/mol. The van der Waals surface area contributed by atoms with E-state index in [9.17, 15) is 0 Å². The topological polar surface area (TPSA) is 29.3 Å². The molecule has 2 heteroatoms. The highest BCUT2D eigenvalue weighted by molar-refractivity contribution is 4.68. The molecule has 14 heavy (non-hydrogen) atoms. The summed E-state index contributed by atoms with van der Waals surface area (Å²) in [5.41, 5.74) is 5.51. The van der Waals surface area contributed by atoms with E-state index in [1.54, 1.807) is 0 Å². The van der Waals surface area contributed by atoms with Crippen LogP contribution >= 0.6 is 0 Å². The molecule has 0 aliphatic carbocycles. The molecule has 0 aromatic heterocycles. The Morgan fingerprint density at radius 1 is 1.21 bits per heavy atom. The van der Waals surface area contributed by atoms with Gasteiger partial charge >= 0.3 is 0 Å². The van der Waals surface area contributed by atoms with Crippen molar-refractivity contribution in [2.24, 2.45) is 11.7 Å². The van der Waals surface area contributed by atoms with Gasteiger partial charge in [-0.1, -0.05) is 20.8 Å². The van der Waals surface area contributed by atoms with Crippen LogP contribution in [0.3, 0.4) is 0 Å². The van der Waals surface area contributed by atoms with Gasteiger partial charge in [-0.25, -0.2) is 0 Å². The van der Waals surface area contributed by atoms with E-state index in [1.165, 1.54) is 25.8 Å². The predicted octanol–water partition coefficient (Wildman–Crippen LogP) is 2.48. The number of rotatable bonds is 8. The summed E-state index contributed by atoms with van der Waals surface area (Å²) in [6.45, 7) is 8.92. The van der Waals surface area contributed by atoms with E-state index in [0.29, 0.717) is 0 Å². The van der Waals surface area contributed by atoms with Gasteiger partial charge in [-0.3, -0.25) is 0 Å². The molecule has 0 saturated carbocycles. The highest BCUT2D eigenvalue weighted by atomic mass is 15.1. The van der Waals surface area contributed by atoms with Crippen LogP contribution in [-0.2, 0) is 0 Å². The lowest BCUT2D eigenvalue weighted by Gasteiger charge is -2.28. The molecule has 1 unspecified atom stereocenters. The summed E-state index contributed by atoms with van der Waals surface area (Å²) >= 11 is 0. The molecule has 2 N–H and O–H groups in total. The maximum Gasteiger partial charge on any atom is 0.00870 e. The first-order valence-electron chi connectivity index (χ1n) is 6.05. The lowest BCUT2D eigenvalue weighted by Crippen LogP contribution is -2.34. The molecule has 0 amide bonds. The van der Waals surface area contributed by atoms with Crippen LogP contribution in [0.15, 0.2) is 0 Å². The molecule has 0 aromatic carbocycles. The fraction of sp³-hybridized carbons (Fsp3) is 1.00. The molecular weight excluding hydrogens is 172 g/mol. The van der Waals surface area contributed by atoms with Crippen LogP contribution in [0.2, 0.25) is 0 Å². The van der Waals surface area contributed by atoms with Crippen LogP contribution < -0.4 is 5.73 Å². The Hall–Kier alpha value is -0.0800. The molecule has 0 bridgehead atoms. The zero-order valence-electron chi connectivity index (χ0n) is 10.4. The van der Waals surface area contributed by atoms with Crippen molar-refractivity contribution in [2.75, 3.05) is 20.1 Å². The van der Waals surface area contributed by atoms with Crippen LogP contribution in [-0.4, -0.2) is 31.1 Å². The minimum absolute atomic E-state index is 0.760. The minimum atomic E-state index is 0.760. The standard InChI is InChI=1S/C12H28N2/c1-5-12(6-2)14(4)10-11(3)8-7-9-13/h11-12H,5-10,13H2,1-4H3. The third-order valence-corrected chi connectivity index (χ3v) is 3.07. The quantitative estimate of drug-likeness (QED) is 0.652. The van der Waals surface area contributed by atoms with E-state index < -0.39 is 0 Å². The van der Waals surface area contributed by atoms with Gasteiger partial charge in [0.05, 0.1) is 0 Å². The Labute approximate surface area is 89.9 Å². The van der Waals surface area contributed by atoms with Gasteiger partial charge in [0.15, 0.2) is 0 Å². The molecule has 0 fully saturated rings. The molecular formula is C12H28N2. The van der Waals surface area contributed by atoms with Gasteiger partial charge in [-0.15, -0.1) is 0 Å². The smallest absolute Gasteiger partial charge is 0.00870 e. The summed E-state index contributed by atoms with van der Waals surface area (Å²) < 4.78 is 0. The second kappa shape index (κ2) is 8.25. The van der Waals surface area contributed by atoms with Crippen molar-refractivity contribution in [3.05, 3.63) is 0 Å². The van der Waals surface area contributed by atoms with E-state index in [-0.39, 0.29) is 0 Å². The summed E-state index contributed by atoms with van der Waals surface area (Å²) in [5.74, 6) is 0.782. The Balaban J connectivity index is 3.73. The second-order valence-electron chi connectivity index (χ2n) is 4.45. The van der Waals surface area contributed by atoms with Gasteiger partial charge in [0, 0.05) is 12.6 Å². The summed E-state index contributed by atoms with van der Waals surface area (Å²) in [7, 11) is 2.25. The van der Waals surface area contributed by atoms with E-state index in [2.05, 4.69) is 32.7 Å². The molecule has 0 spiro atoms. The maximum atomic E-state index is 5.51. The number of nitrogens with two attached hydrogens (primary N) is 1. The Bertz CT molecular complexity index is 121. The Morgan fingerprint density at radius 3 is 2.21 bits per heavy atom. The van der Waals surface area contributed by atoms with Crippen molar-refractivity contribution >= 4 is 0 Å². The molecule has 86 valence electrons. The molecule has 0 saturated heterocycles. The number of hydrogen-bond acceptors (Lipinski definition) is 2. The fourth-order valence-electron chi connectivity index (χ4n) is 2.11. The van der Waals surface area contributed by atoms with Crippen LogP contribution in [0.4, 0.5) is 0 Å². The summed E-state index contributed by atoms with van der Waals surface area (Å²) in [4.78, 5) is 2.50. The monoisotopic (exact) mass is 200 g/mol. The first kappa shape index (κ1) is 13.9. The first-order chi connectivity index (χ1) is 6.65. The van der Waals surface area contributed by atoms with Gasteiger partial charge < -0.3 is 10.6 Å². The lowest BCUT2D eigenvalue weighted by atomic mass is 10.0. The fourth-order valence-corrected chi connectivity index (χ4v) is 2.11. The second-order valence-corrected chi connectivity index (χ2v) is 4.45. The Morgan fingerprint density at radius 2 is 1.79 bits per heavy atom. The normalized spacial score (nSPS) is 13.9. The first-order valence-corrected chi connectivity index (χ1v) is 6.05. The SMILES string of the molecule is CCC(CC)N(C)CC(C)CCCN. The van der Waals surface area contributed by atoms with Gasteiger partial charge in [-0.05, 0) is 45.2 Å². The van der Waals surface area contributed by atoms with Crippen molar-refractivity contribution in [3.8, 4) is 0 Å². The van der Waals surface area contributed by atoms with Crippen LogP contribution in [0.1, 0.15) is 46.5 Å². The van der Waals surface area contributed by atoms with Gasteiger partial charge in [-0.2, -0.15) is 0 Å². The third kappa shape index (κ3) is 5.61. The van der Waals surface area contributed by atoms with Crippen LogP contribution in [0, 0.1) is 5.92 Å². The van der Waals surface area contributed by atoms with E-state index in [1.807, 2.05) is 0 Å². The maximum absolute atomic E-state index is 5.51. The van der Waals surface area contributed by atoms with Crippen molar-refractivity contribution < 1.29 is 0 Å².